The molecule has 16 heavy (non-hydrogen) atoms. The van der Waals surface area contributed by atoms with Crippen LogP contribution in [0.15, 0.2) is 18.2 Å². The molecule has 1 aliphatic rings. The number of ether oxygens (including phenoxy) is 1. The zero-order valence-corrected chi connectivity index (χ0v) is 10.0. The Morgan fingerprint density at radius 1 is 1.50 bits per heavy atom. The highest BCUT2D eigenvalue weighted by molar-refractivity contribution is 5.63. The van der Waals surface area contributed by atoms with Crippen molar-refractivity contribution in [2.24, 2.45) is 0 Å². The van der Waals surface area contributed by atoms with Gasteiger partial charge in [0.1, 0.15) is 12.4 Å². The van der Waals surface area contributed by atoms with Gasteiger partial charge in [-0.15, -0.1) is 0 Å². The van der Waals surface area contributed by atoms with Crippen LogP contribution in [0.5, 0.6) is 5.75 Å². The summed E-state index contributed by atoms with van der Waals surface area (Å²) in [5, 5.41) is 6.74. The summed E-state index contributed by atoms with van der Waals surface area (Å²) in [4.78, 5) is 0. The molecule has 3 heteroatoms. The number of anilines is 1. The summed E-state index contributed by atoms with van der Waals surface area (Å²) in [6.07, 6.45) is 2.33. The molecule has 0 aliphatic carbocycles. The Hall–Kier alpha value is -1.22. The Balaban J connectivity index is 1.97. The van der Waals surface area contributed by atoms with Gasteiger partial charge in [-0.25, -0.2) is 0 Å². The average molecular weight is 220 g/mol. The molecule has 88 valence electrons. The van der Waals surface area contributed by atoms with Crippen molar-refractivity contribution >= 4 is 5.69 Å². The topological polar surface area (TPSA) is 33.3 Å². The van der Waals surface area contributed by atoms with E-state index in [0.29, 0.717) is 6.04 Å². The van der Waals surface area contributed by atoms with Crippen molar-refractivity contribution in [3.05, 3.63) is 23.8 Å². The predicted octanol–water partition coefficient (Wildman–Crippen LogP) is 2.17. The lowest BCUT2D eigenvalue weighted by Crippen LogP contribution is -2.32. The fourth-order valence-electron chi connectivity index (χ4n) is 2.06. The lowest BCUT2D eigenvalue weighted by atomic mass is 10.1. The zero-order valence-electron chi connectivity index (χ0n) is 10.0. The standard InChI is InChI=1S/C13H20N2O/c1-10-5-3-7-12-13(10)15-11(9-16-12)6-4-8-14-2/h3,5,7,11,14-15H,4,6,8-9H2,1-2H3. The van der Waals surface area contributed by atoms with E-state index < -0.39 is 0 Å². The first kappa shape index (κ1) is 11.3. The SMILES string of the molecule is CNCCCC1COc2cccc(C)c2N1. The van der Waals surface area contributed by atoms with E-state index >= 15 is 0 Å². The Labute approximate surface area is 97.2 Å². The van der Waals surface area contributed by atoms with Crippen molar-refractivity contribution in [2.45, 2.75) is 25.8 Å². The van der Waals surface area contributed by atoms with Crippen molar-refractivity contribution in [3.63, 3.8) is 0 Å². The highest BCUT2D eigenvalue weighted by Crippen LogP contribution is 2.32. The molecule has 1 aromatic carbocycles. The number of para-hydroxylation sites is 1. The second kappa shape index (κ2) is 5.21. The summed E-state index contributed by atoms with van der Waals surface area (Å²) >= 11 is 0. The molecule has 0 saturated carbocycles. The molecular formula is C13H20N2O. The van der Waals surface area contributed by atoms with E-state index in [0.717, 1.165) is 25.3 Å². The molecular weight excluding hydrogens is 200 g/mol. The Kier molecular flexibility index (Phi) is 3.67. The van der Waals surface area contributed by atoms with Crippen LogP contribution >= 0.6 is 0 Å². The third-order valence-corrected chi connectivity index (χ3v) is 3.00. The molecule has 1 heterocycles. The lowest BCUT2D eigenvalue weighted by Gasteiger charge is -2.28. The summed E-state index contributed by atoms with van der Waals surface area (Å²) in [6, 6.07) is 6.63. The van der Waals surface area contributed by atoms with Crippen molar-refractivity contribution in [1.82, 2.24) is 5.32 Å². The van der Waals surface area contributed by atoms with Crippen molar-refractivity contribution in [3.8, 4) is 5.75 Å². The van der Waals surface area contributed by atoms with Gasteiger partial charge in [0.25, 0.3) is 0 Å². The van der Waals surface area contributed by atoms with Crippen LogP contribution in [0.4, 0.5) is 5.69 Å². The fraction of sp³-hybridized carbons (Fsp3) is 0.538. The summed E-state index contributed by atoms with van der Waals surface area (Å²) in [6.45, 7) is 3.96. The van der Waals surface area contributed by atoms with E-state index in [1.54, 1.807) is 0 Å². The predicted molar refractivity (Wildman–Crippen MR) is 67.2 cm³/mol. The van der Waals surface area contributed by atoms with Crippen LogP contribution in [0.1, 0.15) is 18.4 Å². The van der Waals surface area contributed by atoms with E-state index in [1.165, 1.54) is 17.7 Å². The van der Waals surface area contributed by atoms with Crippen LogP contribution in [0.25, 0.3) is 0 Å². The summed E-state index contributed by atoms with van der Waals surface area (Å²) in [5.74, 6) is 0.991. The molecule has 0 bridgehead atoms. The van der Waals surface area contributed by atoms with E-state index in [1.807, 2.05) is 19.2 Å². The number of aryl methyl sites for hydroxylation is 1. The van der Waals surface area contributed by atoms with E-state index in [2.05, 4.69) is 23.6 Å². The van der Waals surface area contributed by atoms with Gasteiger partial charge in [-0.05, 0) is 45.0 Å². The van der Waals surface area contributed by atoms with E-state index in [-0.39, 0.29) is 0 Å². The monoisotopic (exact) mass is 220 g/mol. The van der Waals surface area contributed by atoms with Gasteiger partial charge in [-0.2, -0.15) is 0 Å². The highest BCUT2D eigenvalue weighted by Gasteiger charge is 2.19. The van der Waals surface area contributed by atoms with Crippen LogP contribution in [0, 0.1) is 6.92 Å². The number of nitrogens with one attached hydrogen (secondary N) is 2. The first-order chi connectivity index (χ1) is 7.81. The fourth-order valence-corrected chi connectivity index (χ4v) is 2.06. The minimum Gasteiger partial charge on any atom is -0.489 e. The van der Waals surface area contributed by atoms with Gasteiger partial charge in [0.15, 0.2) is 0 Å². The van der Waals surface area contributed by atoms with Gasteiger partial charge in [0.2, 0.25) is 0 Å². The van der Waals surface area contributed by atoms with Gasteiger partial charge in [0.05, 0.1) is 11.7 Å². The quantitative estimate of drug-likeness (QED) is 0.763. The van der Waals surface area contributed by atoms with E-state index in [4.69, 9.17) is 4.74 Å². The molecule has 1 atom stereocenters. The zero-order chi connectivity index (χ0) is 11.4. The number of hydrogen-bond donors (Lipinski definition) is 2. The van der Waals surface area contributed by atoms with Crippen LogP contribution in [0.2, 0.25) is 0 Å². The Morgan fingerprint density at radius 2 is 2.38 bits per heavy atom. The van der Waals surface area contributed by atoms with Gasteiger partial charge in [-0.1, -0.05) is 12.1 Å². The minimum atomic E-state index is 0.446. The Bertz CT molecular complexity index is 352. The molecule has 2 rings (SSSR count). The molecule has 0 radical (unpaired) electrons. The maximum absolute atomic E-state index is 5.76. The first-order valence-corrected chi connectivity index (χ1v) is 5.95. The van der Waals surface area contributed by atoms with Crippen molar-refractivity contribution < 1.29 is 4.74 Å². The Morgan fingerprint density at radius 3 is 3.19 bits per heavy atom. The molecule has 2 N–H and O–H groups in total. The van der Waals surface area contributed by atoms with Gasteiger partial charge in [-0.3, -0.25) is 0 Å². The van der Waals surface area contributed by atoms with Crippen LogP contribution in [0.3, 0.4) is 0 Å². The molecule has 1 aliphatic heterocycles. The van der Waals surface area contributed by atoms with Gasteiger partial charge >= 0.3 is 0 Å². The van der Waals surface area contributed by atoms with Gasteiger partial charge < -0.3 is 15.4 Å². The molecule has 0 aromatic heterocycles. The third-order valence-electron chi connectivity index (χ3n) is 3.00. The average Bonchev–Trinajstić information content (AvgIpc) is 2.30. The second-order valence-corrected chi connectivity index (χ2v) is 4.35. The summed E-state index contributed by atoms with van der Waals surface area (Å²) in [5.41, 5.74) is 2.43. The van der Waals surface area contributed by atoms with Crippen molar-refractivity contribution in [1.29, 1.82) is 0 Å². The van der Waals surface area contributed by atoms with Gasteiger partial charge in [0, 0.05) is 0 Å². The van der Waals surface area contributed by atoms with Crippen LogP contribution < -0.4 is 15.4 Å². The molecule has 3 nitrogen and oxygen atoms in total. The first-order valence-electron chi connectivity index (χ1n) is 5.95. The molecule has 0 saturated heterocycles. The lowest BCUT2D eigenvalue weighted by molar-refractivity contribution is 0.276. The number of rotatable bonds is 4. The summed E-state index contributed by atoms with van der Waals surface area (Å²) in [7, 11) is 1.99. The maximum atomic E-state index is 5.76. The molecule has 1 unspecified atom stereocenters. The summed E-state index contributed by atoms with van der Waals surface area (Å²) < 4.78 is 5.76. The molecule has 0 amide bonds. The van der Waals surface area contributed by atoms with E-state index in [9.17, 15) is 0 Å². The number of hydrogen-bond acceptors (Lipinski definition) is 3. The second-order valence-electron chi connectivity index (χ2n) is 4.35. The maximum Gasteiger partial charge on any atom is 0.142 e. The number of benzene rings is 1. The van der Waals surface area contributed by atoms with Crippen LogP contribution in [-0.2, 0) is 0 Å². The minimum absolute atomic E-state index is 0.446. The molecule has 0 fully saturated rings. The van der Waals surface area contributed by atoms with Crippen LogP contribution in [-0.4, -0.2) is 26.2 Å². The molecule has 1 aromatic rings. The third kappa shape index (κ3) is 2.47. The highest BCUT2D eigenvalue weighted by atomic mass is 16.5. The number of fused-ring (bicyclic) bond motifs is 1. The molecule has 0 spiro atoms. The smallest absolute Gasteiger partial charge is 0.142 e. The van der Waals surface area contributed by atoms with Crippen molar-refractivity contribution in [2.75, 3.05) is 25.5 Å². The normalized spacial score (nSPS) is 18.5. The largest absolute Gasteiger partial charge is 0.489 e.